The average molecular weight is 274 g/mol. The van der Waals surface area contributed by atoms with E-state index in [0.29, 0.717) is 6.54 Å². The number of aromatic nitrogens is 1. The molecule has 0 saturated carbocycles. The molecule has 0 spiro atoms. The maximum Gasteiger partial charge on any atom is 0.123 e. The fourth-order valence-electron chi connectivity index (χ4n) is 2.32. The summed E-state index contributed by atoms with van der Waals surface area (Å²) in [4.78, 5) is 2.22. The zero-order valence-corrected chi connectivity index (χ0v) is 12.1. The molecule has 1 heterocycles. The lowest BCUT2D eigenvalue weighted by Crippen LogP contribution is -2.27. The molecule has 1 aromatic heterocycles. The highest BCUT2D eigenvalue weighted by Crippen LogP contribution is 2.20. The normalized spacial score (nSPS) is 11.0. The monoisotopic (exact) mass is 274 g/mol. The first-order chi connectivity index (χ1) is 9.74. The largest absolute Gasteiger partial charge is 0.496 e. The Morgan fingerprint density at radius 1 is 1.15 bits per heavy atom. The minimum absolute atomic E-state index is 0.152. The van der Waals surface area contributed by atoms with Crippen LogP contribution in [0, 0.1) is 0 Å². The van der Waals surface area contributed by atoms with Crippen molar-refractivity contribution in [2.24, 2.45) is 7.05 Å². The van der Waals surface area contributed by atoms with Crippen LogP contribution in [0.3, 0.4) is 0 Å². The second-order valence-corrected chi connectivity index (χ2v) is 4.86. The van der Waals surface area contributed by atoms with Crippen LogP contribution in [0.4, 0.5) is 0 Å². The number of hydrogen-bond acceptors (Lipinski definition) is 3. The molecule has 0 fully saturated rings. The fraction of sp³-hybridized carbons (Fsp3) is 0.375. The Balaban J connectivity index is 2.11. The minimum atomic E-state index is 0.152. The van der Waals surface area contributed by atoms with Crippen LogP contribution < -0.4 is 4.74 Å². The summed E-state index contributed by atoms with van der Waals surface area (Å²) in [5.74, 6) is 0.891. The molecular formula is C16H22N2O2. The Labute approximate surface area is 120 Å². The summed E-state index contributed by atoms with van der Waals surface area (Å²) in [5, 5.41) is 9.26. The number of nitrogens with zero attached hydrogens (tertiary/aromatic N) is 2. The Hall–Kier alpha value is -1.78. The summed E-state index contributed by atoms with van der Waals surface area (Å²) in [6.07, 6.45) is 2.04. The van der Waals surface area contributed by atoms with Gasteiger partial charge in [-0.2, -0.15) is 0 Å². The molecule has 20 heavy (non-hydrogen) atoms. The Kier molecular flexibility index (Phi) is 5.21. The Morgan fingerprint density at radius 2 is 1.95 bits per heavy atom. The summed E-state index contributed by atoms with van der Waals surface area (Å²) in [5.41, 5.74) is 2.37. The third-order valence-electron chi connectivity index (χ3n) is 3.44. The van der Waals surface area contributed by atoms with Gasteiger partial charge in [0.1, 0.15) is 5.75 Å². The first kappa shape index (κ1) is 14.6. The second-order valence-electron chi connectivity index (χ2n) is 4.86. The van der Waals surface area contributed by atoms with Crippen molar-refractivity contribution < 1.29 is 9.84 Å². The first-order valence-corrected chi connectivity index (χ1v) is 6.80. The minimum Gasteiger partial charge on any atom is -0.496 e. The van der Waals surface area contributed by atoms with Crippen molar-refractivity contribution in [3.63, 3.8) is 0 Å². The van der Waals surface area contributed by atoms with Crippen LogP contribution in [0.5, 0.6) is 5.75 Å². The van der Waals surface area contributed by atoms with Gasteiger partial charge in [-0.1, -0.05) is 18.2 Å². The molecule has 0 bridgehead atoms. The van der Waals surface area contributed by atoms with Gasteiger partial charge >= 0.3 is 0 Å². The van der Waals surface area contributed by atoms with Gasteiger partial charge in [0.15, 0.2) is 0 Å². The van der Waals surface area contributed by atoms with Crippen molar-refractivity contribution in [2.75, 3.05) is 20.3 Å². The maximum atomic E-state index is 9.26. The van der Waals surface area contributed by atoms with Crippen molar-refractivity contribution in [2.45, 2.75) is 13.1 Å². The molecule has 0 amide bonds. The van der Waals surface area contributed by atoms with E-state index in [9.17, 15) is 5.11 Å². The van der Waals surface area contributed by atoms with Crippen LogP contribution in [0.2, 0.25) is 0 Å². The molecule has 0 aliphatic rings. The molecule has 1 N–H and O–H groups in total. The fourth-order valence-corrected chi connectivity index (χ4v) is 2.32. The Morgan fingerprint density at radius 3 is 2.60 bits per heavy atom. The molecule has 2 aromatic rings. The lowest BCUT2D eigenvalue weighted by molar-refractivity contribution is 0.180. The van der Waals surface area contributed by atoms with Crippen molar-refractivity contribution in [3.8, 4) is 5.75 Å². The summed E-state index contributed by atoms with van der Waals surface area (Å²) >= 11 is 0. The molecule has 2 rings (SSSR count). The van der Waals surface area contributed by atoms with Crippen molar-refractivity contribution in [1.29, 1.82) is 0 Å². The molecule has 4 nitrogen and oxygen atoms in total. The number of aryl methyl sites for hydroxylation is 1. The molecule has 0 radical (unpaired) electrons. The number of benzene rings is 1. The van der Waals surface area contributed by atoms with Crippen LogP contribution in [-0.4, -0.2) is 34.8 Å². The van der Waals surface area contributed by atoms with E-state index < -0.39 is 0 Å². The molecule has 0 aliphatic carbocycles. The van der Waals surface area contributed by atoms with E-state index in [2.05, 4.69) is 21.6 Å². The van der Waals surface area contributed by atoms with Crippen molar-refractivity contribution >= 4 is 0 Å². The van der Waals surface area contributed by atoms with Crippen molar-refractivity contribution in [1.82, 2.24) is 9.47 Å². The first-order valence-electron chi connectivity index (χ1n) is 6.80. The molecular weight excluding hydrogens is 252 g/mol. The van der Waals surface area contributed by atoms with Crippen LogP contribution in [0.25, 0.3) is 0 Å². The quantitative estimate of drug-likeness (QED) is 0.839. The Bertz CT molecular complexity index is 537. The second kappa shape index (κ2) is 7.12. The van der Waals surface area contributed by atoms with Crippen molar-refractivity contribution in [3.05, 3.63) is 53.9 Å². The number of aliphatic hydroxyl groups is 1. The number of para-hydroxylation sites is 1. The average Bonchev–Trinajstić information content (AvgIpc) is 2.85. The third kappa shape index (κ3) is 3.62. The van der Waals surface area contributed by atoms with E-state index in [1.807, 2.05) is 37.5 Å². The maximum absolute atomic E-state index is 9.26. The van der Waals surface area contributed by atoms with Crippen LogP contribution in [-0.2, 0) is 20.1 Å². The van der Waals surface area contributed by atoms with Gasteiger partial charge < -0.3 is 14.4 Å². The lowest BCUT2D eigenvalue weighted by atomic mass is 10.2. The molecule has 0 saturated heterocycles. The molecule has 0 unspecified atom stereocenters. The summed E-state index contributed by atoms with van der Waals surface area (Å²) in [7, 11) is 3.72. The van der Waals surface area contributed by atoms with E-state index >= 15 is 0 Å². The topological polar surface area (TPSA) is 37.6 Å². The zero-order chi connectivity index (χ0) is 14.4. The number of rotatable bonds is 7. The van der Waals surface area contributed by atoms with E-state index in [4.69, 9.17) is 4.74 Å². The molecule has 108 valence electrons. The highest BCUT2D eigenvalue weighted by Gasteiger charge is 2.11. The third-order valence-corrected chi connectivity index (χ3v) is 3.44. The van der Waals surface area contributed by atoms with Gasteiger partial charge in [0.05, 0.1) is 13.7 Å². The van der Waals surface area contributed by atoms with E-state index in [1.54, 1.807) is 7.11 Å². The van der Waals surface area contributed by atoms with Crippen LogP contribution in [0.1, 0.15) is 11.3 Å². The van der Waals surface area contributed by atoms with E-state index in [-0.39, 0.29) is 6.61 Å². The summed E-state index contributed by atoms with van der Waals surface area (Å²) in [6.45, 7) is 2.36. The molecule has 1 aromatic carbocycles. The number of methoxy groups -OCH3 is 1. The van der Waals surface area contributed by atoms with Crippen LogP contribution >= 0.6 is 0 Å². The van der Waals surface area contributed by atoms with Gasteiger partial charge in [0.2, 0.25) is 0 Å². The van der Waals surface area contributed by atoms with Gasteiger partial charge in [-0.25, -0.2) is 0 Å². The van der Waals surface area contributed by atoms with Gasteiger partial charge in [-0.15, -0.1) is 0 Å². The van der Waals surface area contributed by atoms with E-state index in [1.165, 1.54) is 5.69 Å². The predicted octanol–water partition coefficient (Wildman–Crippen LogP) is 2.03. The van der Waals surface area contributed by atoms with Gasteiger partial charge in [0.25, 0.3) is 0 Å². The van der Waals surface area contributed by atoms with Crippen LogP contribution in [0.15, 0.2) is 42.6 Å². The molecule has 0 aliphatic heterocycles. The van der Waals surface area contributed by atoms with Gasteiger partial charge in [-0.3, -0.25) is 4.90 Å². The predicted molar refractivity (Wildman–Crippen MR) is 79.6 cm³/mol. The van der Waals surface area contributed by atoms with Gasteiger partial charge in [0, 0.05) is 44.1 Å². The standard InChI is InChI=1S/C16H22N2O2/c1-17-9-5-7-15(17)13-18(10-11-19)12-14-6-3-4-8-16(14)20-2/h3-9,19H,10-13H2,1-2H3. The number of hydrogen-bond donors (Lipinski definition) is 1. The summed E-state index contributed by atoms with van der Waals surface area (Å²) < 4.78 is 7.49. The molecule has 0 atom stereocenters. The smallest absolute Gasteiger partial charge is 0.123 e. The highest BCUT2D eigenvalue weighted by atomic mass is 16.5. The summed E-state index contributed by atoms with van der Waals surface area (Å²) in [6, 6.07) is 12.2. The number of ether oxygens (including phenoxy) is 1. The zero-order valence-electron chi connectivity index (χ0n) is 12.1. The highest BCUT2D eigenvalue weighted by molar-refractivity contribution is 5.33. The lowest BCUT2D eigenvalue weighted by Gasteiger charge is -2.22. The SMILES string of the molecule is COc1ccccc1CN(CCO)Cc1cccn1C. The molecule has 4 heteroatoms. The van der Waals surface area contributed by atoms with E-state index in [0.717, 1.165) is 24.4 Å². The van der Waals surface area contributed by atoms with Gasteiger partial charge in [-0.05, 0) is 18.2 Å². The number of aliphatic hydroxyl groups excluding tert-OH is 1.